The number of hydrogen-bond acceptors (Lipinski definition) is 7. The molecule has 5 N–H and O–H groups in total. The highest BCUT2D eigenvalue weighted by Gasteiger charge is 2.35. The lowest BCUT2D eigenvalue weighted by molar-refractivity contribution is 0.0601. The zero-order chi connectivity index (χ0) is 28.2. The third-order valence-electron chi connectivity index (χ3n) is 8.48. The van der Waals surface area contributed by atoms with Crippen LogP contribution in [0.4, 0.5) is 15.8 Å². The fourth-order valence-corrected chi connectivity index (χ4v) is 6.34. The van der Waals surface area contributed by atoms with Crippen molar-refractivity contribution in [1.29, 1.82) is 0 Å². The molecule has 3 aliphatic rings. The number of nitrogen functional groups attached to an aromatic ring is 1. The van der Waals surface area contributed by atoms with Crippen LogP contribution in [0.5, 0.6) is 0 Å². The molecule has 8 rings (SSSR count). The van der Waals surface area contributed by atoms with Gasteiger partial charge in [-0.05, 0) is 68.2 Å². The Morgan fingerprint density at radius 2 is 1.88 bits per heavy atom. The summed E-state index contributed by atoms with van der Waals surface area (Å²) in [4.78, 5) is 39.0. The normalized spacial score (nSPS) is 20.0. The Labute approximate surface area is 234 Å². The predicted octanol–water partition coefficient (Wildman–Crippen LogP) is 4.75. The molecule has 3 saturated heterocycles. The molecule has 0 unspecified atom stereocenters. The molecule has 0 aliphatic carbocycles. The SMILES string of the molecule is COC(=O)c1ccc(-c2cc3c(N[C@H]4CN5CCC4CC5)c(-c4nc5ccccc5[nH]4)c(=O)[nH]c3cc2F)c(N)c1. The van der Waals surface area contributed by atoms with E-state index in [9.17, 15) is 9.59 Å². The summed E-state index contributed by atoms with van der Waals surface area (Å²) in [6.07, 6.45) is 2.17. The number of nitrogens with two attached hydrogens (primary N) is 1. The number of carbonyl (C=O) groups is 1. The van der Waals surface area contributed by atoms with Crippen molar-refractivity contribution in [3.05, 3.63) is 76.3 Å². The highest BCUT2D eigenvalue weighted by molar-refractivity contribution is 6.02. The van der Waals surface area contributed by atoms with Crippen molar-refractivity contribution in [2.75, 3.05) is 37.8 Å². The van der Waals surface area contributed by atoms with E-state index in [0.717, 1.165) is 43.5 Å². The fraction of sp³-hybridized carbons (Fsp3) is 0.258. The first-order valence-corrected chi connectivity index (χ1v) is 13.7. The number of nitrogens with one attached hydrogen (secondary N) is 3. The quantitative estimate of drug-likeness (QED) is 0.183. The summed E-state index contributed by atoms with van der Waals surface area (Å²) in [6.45, 7) is 3.02. The van der Waals surface area contributed by atoms with Gasteiger partial charge in [0.2, 0.25) is 0 Å². The van der Waals surface area contributed by atoms with E-state index in [1.807, 2.05) is 24.3 Å². The summed E-state index contributed by atoms with van der Waals surface area (Å²) in [5, 5.41) is 4.36. The molecule has 41 heavy (non-hydrogen) atoms. The van der Waals surface area contributed by atoms with Gasteiger partial charge in [-0.2, -0.15) is 0 Å². The molecule has 1 atom stereocenters. The molecule has 0 saturated carbocycles. The molecule has 2 bridgehead atoms. The molecule has 3 fully saturated rings. The van der Waals surface area contributed by atoms with E-state index >= 15 is 4.39 Å². The molecule has 0 spiro atoms. The summed E-state index contributed by atoms with van der Waals surface area (Å²) in [7, 11) is 1.29. The van der Waals surface area contributed by atoms with Crippen LogP contribution in [0.1, 0.15) is 23.2 Å². The number of nitrogens with zero attached hydrogens (tertiary/aromatic N) is 2. The van der Waals surface area contributed by atoms with Crippen LogP contribution in [0.3, 0.4) is 0 Å². The molecule has 208 valence electrons. The van der Waals surface area contributed by atoms with Crippen LogP contribution in [0, 0.1) is 11.7 Å². The van der Waals surface area contributed by atoms with E-state index in [1.54, 1.807) is 18.2 Å². The Balaban J connectivity index is 1.44. The van der Waals surface area contributed by atoms with Gasteiger partial charge in [0.25, 0.3) is 5.56 Å². The minimum atomic E-state index is -0.545. The fourth-order valence-electron chi connectivity index (χ4n) is 6.34. The van der Waals surface area contributed by atoms with E-state index in [-0.39, 0.29) is 28.4 Å². The molecular formula is C31H29FN6O3. The van der Waals surface area contributed by atoms with Crippen LogP contribution in [0.2, 0.25) is 0 Å². The van der Waals surface area contributed by atoms with Gasteiger partial charge in [-0.25, -0.2) is 14.2 Å². The van der Waals surface area contributed by atoms with E-state index in [2.05, 4.69) is 20.2 Å². The van der Waals surface area contributed by atoms with Gasteiger partial charge in [0.05, 0.1) is 34.9 Å². The highest BCUT2D eigenvalue weighted by Crippen LogP contribution is 2.39. The molecule has 3 aliphatic heterocycles. The van der Waals surface area contributed by atoms with Crippen molar-refractivity contribution in [3.63, 3.8) is 0 Å². The van der Waals surface area contributed by atoms with Crippen molar-refractivity contribution in [1.82, 2.24) is 19.9 Å². The monoisotopic (exact) mass is 552 g/mol. The Kier molecular flexibility index (Phi) is 6.01. The number of pyridine rings is 1. The lowest BCUT2D eigenvalue weighted by Gasteiger charge is -2.45. The Bertz CT molecular complexity index is 1860. The first-order valence-electron chi connectivity index (χ1n) is 13.7. The smallest absolute Gasteiger partial charge is 0.337 e. The number of H-pyrrole nitrogens is 2. The van der Waals surface area contributed by atoms with Crippen LogP contribution in [0.25, 0.3) is 44.5 Å². The number of fused-ring (bicyclic) bond motifs is 5. The van der Waals surface area contributed by atoms with E-state index in [4.69, 9.17) is 15.5 Å². The van der Waals surface area contributed by atoms with E-state index in [1.165, 1.54) is 19.2 Å². The van der Waals surface area contributed by atoms with Gasteiger partial charge in [-0.3, -0.25) is 4.79 Å². The Morgan fingerprint density at radius 3 is 2.59 bits per heavy atom. The number of aromatic amines is 2. The van der Waals surface area contributed by atoms with Gasteiger partial charge < -0.3 is 30.7 Å². The van der Waals surface area contributed by atoms with Crippen LogP contribution in [-0.2, 0) is 4.74 Å². The predicted molar refractivity (Wildman–Crippen MR) is 157 cm³/mol. The largest absolute Gasteiger partial charge is 0.465 e. The number of rotatable bonds is 5. The number of hydrogen-bond donors (Lipinski definition) is 4. The number of aromatic nitrogens is 3. The second kappa shape index (κ2) is 9.74. The van der Waals surface area contributed by atoms with Crippen LogP contribution < -0.4 is 16.6 Å². The number of ether oxygens (including phenoxy) is 1. The average molecular weight is 553 g/mol. The van der Waals surface area contributed by atoms with Gasteiger partial charge in [0, 0.05) is 34.8 Å². The number of benzene rings is 3. The van der Waals surface area contributed by atoms with Crippen molar-refractivity contribution in [2.24, 2.45) is 5.92 Å². The number of carbonyl (C=O) groups excluding carboxylic acids is 1. The van der Waals surface area contributed by atoms with Crippen molar-refractivity contribution in [2.45, 2.75) is 18.9 Å². The van der Waals surface area contributed by atoms with E-state index in [0.29, 0.717) is 39.5 Å². The summed E-state index contributed by atoms with van der Waals surface area (Å²) in [6, 6.07) is 15.4. The standard InChI is InChI=1S/C31H29FN6O3/c1-41-31(40)17-6-7-18(22(33)12-17)19-13-20-25(14-21(19)32)37-30(39)27(29-35-23-4-2-3-5-24(23)36-29)28(20)34-26-15-38-10-8-16(26)9-11-38/h2-7,12-14,16,26H,8-11,15,33H2,1H3,(H,35,36)(H2,34,37,39)/t26-/m0/s1. The van der Waals surface area contributed by atoms with Gasteiger partial charge in [0.15, 0.2) is 0 Å². The van der Waals surface area contributed by atoms with Gasteiger partial charge >= 0.3 is 5.97 Å². The number of methoxy groups -OCH3 is 1. The molecule has 0 radical (unpaired) electrons. The maximum Gasteiger partial charge on any atom is 0.337 e. The lowest BCUT2D eigenvalue weighted by Crippen LogP contribution is -2.53. The lowest BCUT2D eigenvalue weighted by atomic mass is 9.83. The first-order chi connectivity index (χ1) is 19.9. The molecule has 5 heterocycles. The Hall–Kier alpha value is -4.70. The maximum absolute atomic E-state index is 15.6. The van der Waals surface area contributed by atoms with Gasteiger partial charge in [0.1, 0.15) is 17.2 Å². The minimum absolute atomic E-state index is 0.128. The van der Waals surface area contributed by atoms with Gasteiger partial charge in [-0.1, -0.05) is 18.2 Å². The second-order valence-corrected chi connectivity index (χ2v) is 10.9. The minimum Gasteiger partial charge on any atom is -0.465 e. The number of halogens is 1. The number of para-hydroxylation sites is 2. The second-order valence-electron chi connectivity index (χ2n) is 10.9. The number of imidazole rings is 1. The first kappa shape index (κ1) is 25.3. The van der Waals surface area contributed by atoms with Gasteiger partial charge in [-0.15, -0.1) is 0 Å². The number of anilines is 2. The molecular weight excluding hydrogens is 523 g/mol. The number of esters is 1. The third kappa shape index (κ3) is 4.31. The summed E-state index contributed by atoms with van der Waals surface area (Å²) in [5.41, 5.74) is 10.0. The summed E-state index contributed by atoms with van der Waals surface area (Å²) >= 11 is 0. The third-order valence-corrected chi connectivity index (χ3v) is 8.48. The summed E-state index contributed by atoms with van der Waals surface area (Å²) in [5.74, 6) is -0.166. The van der Waals surface area contributed by atoms with Crippen LogP contribution >= 0.6 is 0 Å². The van der Waals surface area contributed by atoms with E-state index < -0.39 is 11.8 Å². The summed E-state index contributed by atoms with van der Waals surface area (Å²) < 4.78 is 20.4. The van der Waals surface area contributed by atoms with Crippen molar-refractivity contribution in [3.8, 4) is 22.5 Å². The zero-order valence-electron chi connectivity index (χ0n) is 22.5. The zero-order valence-corrected chi connectivity index (χ0v) is 22.5. The maximum atomic E-state index is 15.6. The average Bonchev–Trinajstić information content (AvgIpc) is 3.41. The molecule has 10 heteroatoms. The Morgan fingerprint density at radius 1 is 1.07 bits per heavy atom. The molecule has 5 aromatic rings. The highest BCUT2D eigenvalue weighted by atomic mass is 19.1. The topological polar surface area (TPSA) is 129 Å². The van der Waals surface area contributed by atoms with Crippen molar-refractivity contribution >= 4 is 39.3 Å². The molecule has 2 aromatic heterocycles. The molecule has 9 nitrogen and oxygen atoms in total. The van der Waals surface area contributed by atoms with Crippen LogP contribution in [0.15, 0.2) is 59.4 Å². The van der Waals surface area contributed by atoms with Crippen molar-refractivity contribution < 1.29 is 13.9 Å². The molecule has 3 aromatic carbocycles. The number of piperidine rings is 3. The van der Waals surface area contributed by atoms with Crippen LogP contribution in [-0.4, -0.2) is 58.6 Å². The molecule has 0 amide bonds.